The lowest BCUT2D eigenvalue weighted by molar-refractivity contribution is -0.153. The van der Waals surface area contributed by atoms with Crippen LogP contribution >= 0.6 is 0 Å². The van der Waals surface area contributed by atoms with E-state index in [-0.39, 0.29) is 6.42 Å². The van der Waals surface area contributed by atoms with Crippen LogP contribution in [-0.2, 0) is 25.5 Å². The van der Waals surface area contributed by atoms with Crippen molar-refractivity contribution in [3.8, 4) is 28.6 Å². The number of fused-ring (bicyclic) bond motifs is 3. The van der Waals surface area contributed by atoms with Gasteiger partial charge >= 0.3 is 17.9 Å². The van der Waals surface area contributed by atoms with Crippen molar-refractivity contribution >= 4 is 36.8 Å². The predicted molar refractivity (Wildman–Crippen MR) is 168 cm³/mol. The third kappa shape index (κ3) is 6.07. The zero-order chi connectivity index (χ0) is 31.6. The first-order chi connectivity index (χ1) is 21.0. The standard InChI is InChI=1S/C33H34N4O6Si/c1-7-43-33-34-18-23(19-35-33)22-12-13-26-24(16-22)25-17-27(32(40)42-3)37(28(38)14-15-44(4,5)6)30(29(25)36-26)20-8-10-21(11-9-20)31(39)41-2/h8-13,16,18-19,27,30,36H,7,17H2,1-6H3. The topological polar surface area (TPSA) is 124 Å². The van der Waals surface area contributed by atoms with Gasteiger partial charge in [-0.3, -0.25) is 4.79 Å². The Morgan fingerprint density at radius 1 is 1.00 bits per heavy atom. The van der Waals surface area contributed by atoms with E-state index in [1.807, 2.05) is 44.8 Å². The molecule has 3 heterocycles. The summed E-state index contributed by atoms with van der Waals surface area (Å²) >= 11 is 0. The summed E-state index contributed by atoms with van der Waals surface area (Å²) in [5, 5.41) is 0.900. The molecule has 0 spiro atoms. The number of methoxy groups -OCH3 is 2. The molecule has 44 heavy (non-hydrogen) atoms. The predicted octanol–water partition coefficient (Wildman–Crippen LogP) is 4.71. The van der Waals surface area contributed by atoms with Crippen LogP contribution in [0.15, 0.2) is 54.9 Å². The van der Waals surface area contributed by atoms with Gasteiger partial charge in [0.1, 0.15) is 14.1 Å². The smallest absolute Gasteiger partial charge is 0.337 e. The lowest BCUT2D eigenvalue weighted by Crippen LogP contribution is -2.51. The van der Waals surface area contributed by atoms with Crippen LogP contribution in [0.3, 0.4) is 0 Å². The van der Waals surface area contributed by atoms with E-state index in [2.05, 4.69) is 26.4 Å². The Morgan fingerprint density at radius 2 is 1.70 bits per heavy atom. The zero-order valence-electron chi connectivity index (χ0n) is 25.6. The second kappa shape index (κ2) is 12.3. The maximum atomic E-state index is 13.9. The summed E-state index contributed by atoms with van der Waals surface area (Å²) in [6.45, 7) is 8.49. The molecule has 11 heteroatoms. The average molecular weight is 611 g/mol. The number of amides is 1. The zero-order valence-corrected chi connectivity index (χ0v) is 26.6. The van der Waals surface area contributed by atoms with Gasteiger partial charge in [0, 0.05) is 41.0 Å². The number of nitrogens with zero attached hydrogens (tertiary/aromatic N) is 3. The number of ether oxygens (including phenoxy) is 3. The minimum absolute atomic E-state index is 0.225. The molecule has 0 saturated heterocycles. The minimum atomic E-state index is -1.91. The third-order valence-electron chi connectivity index (χ3n) is 7.36. The van der Waals surface area contributed by atoms with Gasteiger partial charge in [0.15, 0.2) is 0 Å². The van der Waals surface area contributed by atoms with E-state index in [0.717, 1.165) is 33.3 Å². The van der Waals surface area contributed by atoms with E-state index >= 15 is 0 Å². The molecule has 1 aliphatic heterocycles. The quantitative estimate of drug-likeness (QED) is 0.189. The summed E-state index contributed by atoms with van der Waals surface area (Å²) < 4.78 is 15.5. The lowest BCUT2D eigenvalue weighted by Gasteiger charge is -2.40. The maximum absolute atomic E-state index is 13.9. The van der Waals surface area contributed by atoms with Gasteiger partial charge in [-0.05, 0) is 53.8 Å². The molecule has 2 atom stereocenters. The highest BCUT2D eigenvalue weighted by Crippen LogP contribution is 2.42. The summed E-state index contributed by atoms with van der Waals surface area (Å²) in [7, 11) is 0.719. The highest BCUT2D eigenvalue weighted by atomic mass is 28.3. The maximum Gasteiger partial charge on any atom is 0.337 e. The number of nitrogens with one attached hydrogen (secondary N) is 1. The molecule has 4 aromatic rings. The lowest BCUT2D eigenvalue weighted by atomic mass is 9.87. The van der Waals surface area contributed by atoms with Crippen LogP contribution in [0.1, 0.15) is 40.1 Å². The van der Waals surface area contributed by atoms with Crippen molar-refractivity contribution in [2.75, 3.05) is 20.8 Å². The number of aromatic amines is 1. The molecule has 1 N–H and O–H groups in total. The Balaban J connectivity index is 1.69. The number of aromatic nitrogens is 3. The number of esters is 2. The molecular formula is C33H34N4O6Si. The van der Waals surface area contributed by atoms with Gasteiger partial charge in [-0.1, -0.05) is 37.8 Å². The number of hydrogen-bond donors (Lipinski definition) is 1. The van der Waals surface area contributed by atoms with Crippen LogP contribution in [0.4, 0.5) is 0 Å². The molecule has 1 aliphatic rings. The highest BCUT2D eigenvalue weighted by molar-refractivity contribution is 6.84. The van der Waals surface area contributed by atoms with Crippen LogP contribution in [0.5, 0.6) is 6.01 Å². The molecule has 0 fully saturated rings. The van der Waals surface area contributed by atoms with E-state index in [1.54, 1.807) is 36.7 Å². The summed E-state index contributed by atoms with van der Waals surface area (Å²) in [6, 6.07) is 11.4. The number of hydrogen-bond acceptors (Lipinski definition) is 8. The molecule has 0 saturated carbocycles. The van der Waals surface area contributed by atoms with Crippen molar-refractivity contribution in [1.29, 1.82) is 0 Å². The molecule has 226 valence electrons. The first-order valence-electron chi connectivity index (χ1n) is 14.3. The van der Waals surface area contributed by atoms with E-state index in [9.17, 15) is 14.4 Å². The minimum Gasteiger partial charge on any atom is -0.467 e. The first kappa shape index (κ1) is 30.5. The molecule has 5 rings (SSSR count). The molecule has 10 nitrogen and oxygen atoms in total. The van der Waals surface area contributed by atoms with Crippen molar-refractivity contribution in [3.63, 3.8) is 0 Å². The highest BCUT2D eigenvalue weighted by Gasteiger charge is 2.44. The molecule has 0 bridgehead atoms. The largest absolute Gasteiger partial charge is 0.467 e. The normalized spacial score (nSPS) is 16.0. The Labute approximate surface area is 256 Å². The van der Waals surface area contributed by atoms with Crippen molar-refractivity contribution < 1.29 is 28.6 Å². The van der Waals surface area contributed by atoms with E-state index in [0.29, 0.717) is 23.7 Å². The molecule has 0 radical (unpaired) electrons. The monoisotopic (exact) mass is 610 g/mol. The van der Waals surface area contributed by atoms with Crippen LogP contribution in [0.2, 0.25) is 19.6 Å². The Hall–Kier alpha value is -4.95. The fraction of sp³-hybridized carbons (Fsp3) is 0.303. The number of carbonyl (C=O) groups is 3. The Kier molecular flexibility index (Phi) is 8.56. The fourth-order valence-corrected chi connectivity index (χ4v) is 5.81. The van der Waals surface area contributed by atoms with Gasteiger partial charge in [0.25, 0.3) is 5.91 Å². The van der Waals surface area contributed by atoms with Gasteiger partial charge < -0.3 is 24.1 Å². The van der Waals surface area contributed by atoms with Crippen molar-refractivity contribution in [2.24, 2.45) is 0 Å². The van der Waals surface area contributed by atoms with Gasteiger partial charge in [-0.25, -0.2) is 19.6 Å². The number of benzene rings is 2. The number of H-pyrrole nitrogens is 1. The third-order valence-corrected chi connectivity index (χ3v) is 8.23. The summed E-state index contributed by atoms with van der Waals surface area (Å²) in [5.74, 6) is 1.34. The van der Waals surface area contributed by atoms with Gasteiger partial charge in [0.2, 0.25) is 0 Å². The van der Waals surface area contributed by atoms with Gasteiger partial charge in [0.05, 0.1) is 32.4 Å². The second-order valence-electron chi connectivity index (χ2n) is 11.4. The molecule has 2 unspecified atom stereocenters. The van der Waals surface area contributed by atoms with Crippen LogP contribution in [0, 0.1) is 11.5 Å². The number of carbonyl (C=O) groups excluding carboxylic acids is 3. The van der Waals surface area contributed by atoms with Gasteiger partial charge in [-0.15, -0.1) is 5.54 Å². The molecule has 1 amide bonds. The Bertz CT molecular complexity index is 1780. The molecule has 2 aromatic carbocycles. The van der Waals surface area contributed by atoms with Crippen molar-refractivity contribution in [1.82, 2.24) is 19.9 Å². The van der Waals surface area contributed by atoms with E-state index in [1.165, 1.54) is 19.1 Å². The summed E-state index contributed by atoms with van der Waals surface area (Å²) in [5.41, 5.74) is 8.38. The molecular weight excluding hydrogens is 576 g/mol. The van der Waals surface area contributed by atoms with E-state index in [4.69, 9.17) is 14.2 Å². The van der Waals surface area contributed by atoms with Crippen LogP contribution in [-0.4, -0.2) is 72.6 Å². The summed E-state index contributed by atoms with van der Waals surface area (Å²) in [4.78, 5) is 53.0. The van der Waals surface area contributed by atoms with Crippen LogP contribution in [0.25, 0.3) is 22.0 Å². The first-order valence-corrected chi connectivity index (χ1v) is 17.8. The Morgan fingerprint density at radius 3 is 2.32 bits per heavy atom. The average Bonchev–Trinajstić information content (AvgIpc) is 3.39. The van der Waals surface area contributed by atoms with Gasteiger partial charge in [-0.2, -0.15) is 0 Å². The number of rotatable bonds is 6. The molecule has 0 aliphatic carbocycles. The van der Waals surface area contributed by atoms with Crippen molar-refractivity contribution in [2.45, 2.75) is 45.1 Å². The van der Waals surface area contributed by atoms with Crippen molar-refractivity contribution in [3.05, 3.63) is 77.2 Å². The SMILES string of the molecule is CCOc1ncc(-c2ccc3[nH]c4c(c3c2)CC(C(=O)OC)N(C(=O)C#C[Si](C)(C)C)C4c2ccc(C(=O)OC)cc2)cn1. The van der Waals surface area contributed by atoms with Crippen LogP contribution < -0.4 is 4.74 Å². The molecule has 2 aromatic heterocycles. The van der Waals surface area contributed by atoms with E-state index < -0.39 is 38.0 Å². The fourth-order valence-electron chi connectivity index (χ4n) is 5.32. The second-order valence-corrected chi connectivity index (χ2v) is 16.2. The summed E-state index contributed by atoms with van der Waals surface area (Å²) in [6.07, 6.45) is 3.64.